The third-order valence-electron chi connectivity index (χ3n) is 6.78. The van der Waals surface area contributed by atoms with E-state index in [2.05, 4.69) is 35.3 Å². The number of hydrogen-bond donors (Lipinski definition) is 3. The SMILES string of the molecule is N[C@]1(COP(=O)(O)O)CC[C@H](c2ccc3c(c2)CC[C@@H](CSCCc2ccccn2)C3)C1. The van der Waals surface area contributed by atoms with Crippen LogP contribution in [0.5, 0.6) is 0 Å². The number of fused-ring (bicyclic) bond motifs is 1. The second-order valence-corrected chi connectivity index (χ2v) is 11.7. The summed E-state index contributed by atoms with van der Waals surface area (Å²) in [4.78, 5) is 22.4. The molecule has 2 aliphatic rings. The molecule has 32 heavy (non-hydrogen) atoms. The van der Waals surface area contributed by atoms with Crippen molar-refractivity contribution in [3.63, 3.8) is 0 Å². The van der Waals surface area contributed by atoms with Crippen LogP contribution in [0, 0.1) is 5.92 Å². The maximum absolute atomic E-state index is 11.0. The number of nitrogens with two attached hydrogens (primary N) is 1. The monoisotopic (exact) mass is 476 g/mol. The first-order valence-electron chi connectivity index (χ1n) is 11.4. The van der Waals surface area contributed by atoms with Gasteiger partial charge in [0.15, 0.2) is 0 Å². The molecule has 1 aromatic carbocycles. The van der Waals surface area contributed by atoms with Gasteiger partial charge in [-0.05, 0) is 97.1 Å². The summed E-state index contributed by atoms with van der Waals surface area (Å²) in [7, 11) is -4.49. The Kier molecular flexibility index (Phi) is 7.76. The lowest BCUT2D eigenvalue weighted by atomic mass is 9.82. The molecule has 0 bridgehead atoms. The van der Waals surface area contributed by atoms with Crippen molar-refractivity contribution in [3.05, 3.63) is 65.0 Å². The Labute approximate surface area is 194 Å². The molecule has 0 aliphatic heterocycles. The molecule has 3 atom stereocenters. The van der Waals surface area contributed by atoms with Gasteiger partial charge in [-0.25, -0.2) is 4.57 Å². The summed E-state index contributed by atoms with van der Waals surface area (Å²) in [6.45, 7) is -0.0988. The normalized spacial score (nSPS) is 25.6. The molecular weight excluding hydrogens is 443 g/mol. The van der Waals surface area contributed by atoms with E-state index in [1.807, 2.05) is 24.0 Å². The highest BCUT2D eigenvalue weighted by molar-refractivity contribution is 7.99. The van der Waals surface area contributed by atoms with Gasteiger partial charge in [-0.3, -0.25) is 9.51 Å². The first-order chi connectivity index (χ1) is 15.3. The smallest absolute Gasteiger partial charge is 0.323 e. The van der Waals surface area contributed by atoms with Crippen LogP contribution < -0.4 is 5.73 Å². The first kappa shape index (κ1) is 23.9. The standard InChI is InChI=1S/C24H33N2O4PS/c25-24(17-30-31(27,28)29)10-8-22(15-24)21-7-6-19-13-18(4-5-20(19)14-21)16-32-12-9-23-3-1-2-11-26-23/h1-3,6-7,11,14,18,22H,4-5,8-10,12-13,15-17,25H2,(H2,27,28,29)/t18-,22+,24-/m1/s1. The van der Waals surface area contributed by atoms with Gasteiger partial charge < -0.3 is 15.5 Å². The molecule has 4 N–H and O–H groups in total. The van der Waals surface area contributed by atoms with Crippen molar-refractivity contribution in [2.24, 2.45) is 11.7 Å². The van der Waals surface area contributed by atoms with Gasteiger partial charge in [0.1, 0.15) is 0 Å². The molecular formula is C24H33N2O4PS. The fourth-order valence-electron chi connectivity index (χ4n) is 5.00. The van der Waals surface area contributed by atoms with Gasteiger partial charge in [0.25, 0.3) is 0 Å². The van der Waals surface area contributed by atoms with Gasteiger partial charge >= 0.3 is 7.82 Å². The molecule has 0 unspecified atom stereocenters. The highest BCUT2D eigenvalue weighted by atomic mass is 32.2. The van der Waals surface area contributed by atoms with Crippen molar-refractivity contribution in [1.82, 2.24) is 4.98 Å². The molecule has 1 saturated carbocycles. The second-order valence-electron chi connectivity index (χ2n) is 9.35. The van der Waals surface area contributed by atoms with Crippen LogP contribution in [-0.4, -0.2) is 38.4 Å². The molecule has 0 radical (unpaired) electrons. The van der Waals surface area contributed by atoms with Gasteiger partial charge in [0, 0.05) is 17.4 Å². The van der Waals surface area contributed by atoms with Crippen LogP contribution in [0.3, 0.4) is 0 Å². The zero-order chi connectivity index (χ0) is 22.6. The van der Waals surface area contributed by atoms with Crippen LogP contribution >= 0.6 is 19.6 Å². The number of aromatic nitrogens is 1. The summed E-state index contributed by atoms with van der Waals surface area (Å²) in [6.07, 6.45) is 8.73. The Bertz CT molecular complexity index is 954. The van der Waals surface area contributed by atoms with Crippen LogP contribution in [0.15, 0.2) is 42.6 Å². The minimum absolute atomic E-state index is 0.0988. The number of hydrogen-bond acceptors (Lipinski definition) is 5. The summed E-state index contributed by atoms with van der Waals surface area (Å²) in [5.41, 5.74) is 11.1. The Morgan fingerprint density at radius 3 is 2.88 bits per heavy atom. The first-order valence-corrected chi connectivity index (χ1v) is 14.1. The Hall–Kier alpha value is -1.21. The van der Waals surface area contributed by atoms with Crippen molar-refractivity contribution in [3.8, 4) is 0 Å². The average Bonchev–Trinajstić information content (AvgIpc) is 3.18. The van der Waals surface area contributed by atoms with Crippen molar-refractivity contribution >= 4 is 19.6 Å². The van der Waals surface area contributed by atoms with Crippen LogP contribution in [0.2, 0.25) is 0 Å². The van der Waals surface area contributed by atoms with E-state index in [0.29, 0.717) is 18.8 Å². The summed E-state index contributed by atoms with van der Waals surface area (Å²) in [5, 5.41) is 0. The van der Waals surface area contributed by atoms with Gasteiger partial charge in [-0.1, -0.05) is 24.3 Å². The van der Waals surface area contributed by atoms with Crippen LogP contribution in [0.25, 0.3) is 0 Å². The molecule has 6 nitrogen and oxygen atoms in total. The van der Waals surface area contributed by atoms with E-state index in [9.17, 15) is 4.57 Å². The van der Waals surface area contributed by atoms with E-state index in [4.69, 9.17) is 20.0 Å². The van der Waals surface area contributed by atoms with E-state index in [-0.39, 0.29) is 6.61 Å². The molecule has 0 spiro atoms. The van der Waals surface area contributed by atoms with Gasteiger partial charge in [0.2, 0.25) is 0 Å². The lowest BCUT2D eigenvalue weighted by molar-refractivity contribution is 0.153. The predicted octanol–water partition coefficient (Wildman–Crippen LogP) is 4.24. The lowest BCUT2D eigenvalue weighted by Gasteiger charge is -2.26. The summed E-state index contributed by atoms with van der Waals surface area (Å²) in [6, 6.07) is 13.0. The molecule has 2 aromatic rings. The largest absolute Gasteiger partial charge is 0.469 e. The summed E-state index contributed by atoms with van der Waals surface area (Å²) < 4.78 is 15.7. The lowest BCUT2D eigenvalue weighted by Crippen LogP contribution is -2.41. The molecule has 174 valence electrons. The number of aryl methyl sites for hydroxylation is 2. The Morgan fingerprint density at radius 2 is 2.09 bits per heavy atom. The zero-order valence-corrected chi connectivity index (χ0v) is 20.1. The Morgan fingerprint density at radius 1 is 1.22 bits per heavy atom. The summed E-state index contributed by atoms with van der Waals surface area (Å²) in [5.74, 6) is 3.38. The number of benzene rings is 1. The topological polar surface area (TPSA) is 106 Å². The number of phosphoric ester groups is 1. The quantitative estimate of drug-likeness (QED) is 0.367. The van der Waals surface area contributed by atoms with Crippen molar-refractivity contribution in [2.75, 3.05) is 18.1 Å². The highest BCUT2D eigenvalue weighted by Crippen LogP contribution is 2.44. The van der Waals surface area contributed by atoms with Crippen LogP contribution in [-0.2, 0) is 28.4 Å². The van der Waals surface area contributed by atoms with Gasteiger partial charge in [0.05, 0.1) is 6.61 Å². The minimum atomic E-state index is -4.49. The van der Waals surface area contributed by atoms with E-state index in [0.717, 1.165) is 37.4 Å². The van der Waals surface area contributed by atoms with Crippen LogP contribution in [0.1, 0.15) is 54.0 Å². The molecule has 0 saturated heterocycles. The minimum Gasteiger partial charge on any atom is -0.323 e. The van der Waals surface area contributed by atoms with Gasteiger partial charge in [-0.15, -0.1) is 0 Å². The zero-order valence-electron chi connectivity index (χ0n) is 18.4. The summed E-state index contributed by atoms with van der Waals surface area (Å²) >= 11 is 2.04. The molecule has 0 amide bonds. The Balaban J connectivity index is 1.26. The van der Waals surface area contributed by atoms with E-state index in [1.165, 1.54) is 34.6 Å². The second kappa shape index (κ2) is 10.4. The maximum Gasteiger partial charge on any atom is 0.469 e. The van der Waals surface area contributed by atoms with Crippen molar-refractivity contribution in [1.29, 1.82) is 0 Å². The third kappa shape index (κ3) is 6.66. The molecule has 4 rings (SSSR count). The fraction of sp³-hybridized carbons (Fsp3) is 0.542. The predicted molar refractivity (Wildman–Crippen MR) is 129 cm³/mol. The number of nitrogens with zero attached hydrogens (tertiary/aromatic N) is 1. The number of pyridine rings is 1. The average molecular weight is 477 g/mol. The van der Waals surface area contributed by atoms with Gasteiger partial charge in [-0.2, -0.15) is 11.8 Å². The van der Waals surface area contributed by atoms with E-state index in [1.54, 1.807) is 0 Å². The third-order valence-corrected chi connectivity index (χ3v) is 8.44. The number of rotatable bonds is 9. The molecule has 1 fully saturated rings. The van der Waals surface area contributed by atoms with Crippen molar-refractivity contribution in [2.45, 2.75) is 56.4 Å². The maximum atomic E-state index is 11.0. The van der Waals surface area contributed by atoms with E-state index >= 15 is 0 Å². The fourth-order valence-corrected chi connectivity index (χ4v) is 6.57. The van der Waals surface area contributed by atoms with Crippen molar-refractivity contribution < 1.29 is 18.9 Å². The number of phosphoric acid groups is 1. The van der Waals surface area contributed by atoms with E-state index < -0.39 is 13.4 Å². The molecule has 1 aromatic heterocycles. The molecule has 1 heterocycles. The molecule has 8 heteroatoms. The molecule has 2 aliphatic carbocycles. The van der Waals surface area contributed by atoms with Crippen LogP contribution in [0.4, 0.5) is 0 Å². The highest BCUT2D eigenvalue weighted by Gasteiger charge is 2.38. The number of thioether (sulfide) groups is 1.